The molecule has 2 aliphatic rings. The van der Waals surface area contributed by atoms with E-state index in [-0.39, 0.29) is 61.7 Å². The van der Waals surface area contributed by atoms with Crippen molar-refractivity contribution in [2.75, 3.05) is 35.5 Å². The van der Waals surface area contributed by atoms with Crippen molar-refractivity contribution < 1.29 is 28.8 Å². The van der Waals surface area contributed by atoms with Gasteiger partial charge >= 0.3 is 22.8 Å². The lowest BCUT2D eigenvalue weighted by atomic mass is 9.89. The fourth-order valence-electron chi connectivity index (χ4n) is 8.97. The highest BCUT2D eigenvalue weighted by molar-refractivity contribution is 5.80. The van der Waals surface area contributed by atoms with Gasteiger partial charge in [-0.1, -0.05) is 6.08 Å². The van der Waals surface area contributed by atoms with Gasteiger partial charge in [0.15, 0.2) is 23.0 Å². The minimum atomic E-state index is -1.15. The van der Waals surface area contributed by atoms with Crippen molar-refractivity contribution in [2.45, 2.75) is 51.1 Å². The van der Waals surface area contributed by atoms with E-state index in [0.29, 0.717) is 56.4 Å². The molecule has 0 bridgehead atoms. The van der Waals surface area contributed by atoms with Crippen molar-refractivity contribution in [3.8, 4) is 34.5 Å². The Morgan fingerprint density at radius 1 is 0.615 bits per heavy atom. The van der Waals surface area contributed by atoms with E-state index in [4.69, 9.17) is 23.7 Å². The molecule has 7 aromatic rings. The van der Waals surface area contributed by atoms with Crippen LogP contribution in [0.15, 0.2) is 82.9 Å². The van der Waals surface area contributed by atoms with Crippen LogP contribution in [0.4, 0.5) is 0 Å². The molecule has 65 heavy (non-hydrogen) atoms. The Bertz CT molecular complexity index is 3530. The Kier molecular flexibility index (Phi) is 10.4. The number of benzene rings is 3. The highest BCUT2D eigenvalue weighted by Crippen LogP contribution is 2.42. The summed E-state index contributed by atoms with van der Waals surface area (Å²) in [5.41, 5.74) is -1.12. The van der Waals surface area contributed by atoms with Gasteiger partial charge in [0, 0.05) is 69.9 Å². The van der Waals surface area contributed by atoms with Gasteiger partial charge in [-0.2, -0.15) is 0 Å². The van der Waals surface area contributed by atoms with Gasteiger partial charge in [0.1, 0.15) is 28.9 Å². The third-order valence-electron chi connectivity index (χ3n) is 12.3. The van der Waals surface area contributed by atoms with Crippen molar-refractivity contribution >= 4 is 22.1 Å². The van der Waals surface area contributed by atoms with Crippen LogP contribution in [0.2, 0.25) is 0 Å². The number of phenolic OH excluding ortho intramolecular Hbond substituents is 1. The molecule has 0 unspecified atom stereocenters. The highest BCUT2D eigenvalue weighted by atomic mass is 16.5. The van der Waals surface area contributed by atoms with Crippen molar-refractivity contribution in [2.24, 2.45) is 14.1 Å². The molecule has 6 heterocycles. The summed E-state index contributed by atoms with van der Waals surface area (Å²) in [5.74, 6) is 1.73. The largest absolute Gasteiger partial charge is 0.508 e. The predicted octanol–water partition coefficient (Wildman–Crippen LogP) is 0.449. The zero-order valence-corrected chi connectivity index (χ0v) is 36.4. The lowest BCUT2D eigenvalue weighted by molar-refractivity contribution is 0.243. The molecule has 0 radical (unpaired) electrons. The first-order chi connectivity index (χ1) is 31.2. The molecule has 1 N–H and O–H groups in total. The maximum atomic E-state index is 14.5. The van der Waals surface area contributed by atoms with E-state index in [2.05, 4.69) is 9.97 Å². The van der Waals surface area contributed by atoms with Crippen LogP contribution >= 0.6 is 0 Å². The van der Waals surface area contributed by atoms with Crippen LogP contribution in [0.1, 0.15) is 29.0 Å². The second kappa shape index (κ2) is 15.9. The average molecular weight is 893 g/mol. The van der Waals surface area contributed by atoms with Crippen LogP contribution in [0.25, 0.3) is 22.1 Å². The van der Waals surface area contributed by atoms with Gasteiger partial charge in [-0.05, 0) is 23.8 Å². The molecular weight excluding hydrogens is 849 g/mol. The average Bonchev–Trinajstić information content (AvgIpc) is 3.71. The van der Waals surface area contributed by atoms with Gasteiger partial charge in [0.25, 0.3) is 11.1 Å². The summed E-state index contributed by atoms with van der Waals surface area (Å²) in [5, 5.41) is 11.3. The van der Waals surface area contributed by atoms with Crippen LogP contribution in [-0.4, -0.2) is 87.6 Å². The minimum absolute atomic E-state index is 0.0830. The topological polar surface area (TPSA) is 234 Å². The summed E-state index contributed by atoms with van der Waals surface area (Å²) < 4.78 is 36.8. The molecule has 2 aliphatic heterocycles. The maximum absolute atomic E-state index is 14.5. The lowest BCUT2D eigenvalue weighted by Gasteiger charge is -2.37. The maximum Gasteiger partial charge on any atom is 0.348 e. The number of nitrogens with zero attached hydrogens (tertiary/aromatic N) is 10. The molecule has 0 fully saturated rings. The minimum Gasteiger partial charge on any atom is -0.508 e. The number of hydrogen-bond donors (Lipinski definition) is 1. The highest BCUT2D eigenvalue weighted by Gasteiger charge is 2.42. The molecule has 0 amide bonds. The molecular formula is C43H44N10O12. The monoisotopic (exact) mass is 892 g/mol. The Balaban J connectivity index is 1.11. The van der Waals surface area contributed by atoms with Crippen LogP contribution in [0, 0.1) is 0 Å². The van der Waals surface area contributed by atoms with Gasteiger partial charge in [0.05, 0.1) is 76.7 Å². The molecule has 0 saturated carbocycles. The zero-order chi connectivity index (χ0) is 46.2. The number of aromatic hydroxyl groups is 1. The lowest BCUT2D eigenvalue weighted by Crippen LogP contribution is -2.47. The molecule has 0 saturated heterocycles. The zero-order valence-electron chi connectivity index (χ0n) is 36.4. The number of ether oxygens (including phenoxy) is 5. The van der Waals surface area contributed by atoms with E-state index in [1.807, 2.05) is 0 Å². The van der Waals surface area contributed by atoms with E-state index in [1.165, 1.54) is 81.6 Å². The van der Waals surface area contributed by atoms with Crippen molar-refractivity contribution in [1.29, 1.82) is 0 Å². The number of phenols is 1. The molecule has 4 aromatic heterocycles. The summed E-state index contributed by atoms with van der Waals surface area (Å²) in [6.45, 7) is -0.820. The van der Waals surface area contributed by atoms with E-state index in [1.54, 1.807) is 44.4 Å². The molecule has 0 aliphatic carbocycles. The third kappa shape index (κ3) is 6.53. The SMILES string of the molecule is COc1ccc(O)c([C@H]2C3=CCn4c(=O)n(CCc5nc6cc(OC)c(OC)cc6n(C)c5=O)c(=O)n4[C@@H]3Cn3c(=O)n(CCc4nc5cc(OC)c(OC)cc5n(C)c4=O)c(=O)n32)c1. The summed E-state index contributed by atoms with van der Waals surface area (Å²) >= 11 is 0. The first kappa shape index (κ1) is 42.3. The third-order valence-corrected chi connectivity index (χ3v) is 12.3. The number of rotatable bonds is 12. The second-order valence-electron chi connectivity index (χ2n) is 15.6. The number of aryl methyl sites for hydroxylation is 4. The smallest absolute Gasteiger partial charge is 0.348 e. The number of aromatic nitrogens is 10. The van der Waals surface area contributed by atoms with E-state index in [0.717, 1.165) is 9.13 Å². The number of allylic oxidation sites excluding steroid dienone is 2. The van der Waals surface area contributed by atoms with Gasteiger partial charge in [-0.15, -0.1) is 0 Å². The fraction of sp³-hybridized carbons (Fsp3) is 0.349. The predicted molar refractivity (Wildman–Crippen MR) is 233 cm³/mol. The first-order valence-corrected chi connectivity index (χ1v) is 20.4. The molecule has 0 spiro atoms. The number of fused-ring (bicyclic) bond motifs is 6. The second-order valence-corrected chi connectivity index (χ2v) is 15.6. The van der Waals surface area contributed by atoms with Gasteiger partial charge in [0.2, 0.25) is 0 Å². The normalized spacial score (nSPS) is 15.3. The van der Waals surface area contributed by atoms with Crippen LogP contribution in [0.3, 0.4) is 0 Å². The van der Waals surface area contributed by atoms with Gasteiger partial charge in [-0.3, -0.25) is 9.59 Å². The molecule has 338 valence electrons. The molecule has 9 rings (SSSR count). The van der Waals surface area contributed by atoms with Crippen molar-refractivity contribution in [3.05, 3.63) is 134 Å². The molecule has 3 aromatic carbocycles. The number of methoxy groups -OCH3 is 5. The fourth-order valence-corrected chi connectivity index (χ4v) is 8.97. The van der Waals surface area contributed by atoms with Crippen LogP contribution in [-0.2, 0) is 53.1 Å². The standard InChI is InChI=1S/C43H44N10O12/c1-46-29-19-35(64-6)33(62-4)17-27(29)44-25(38(46)55)11-13-48-40(57)50-15-10-23-31(52(50)42(48)59)21-51-41(58)49(43(60)53(51)37(23)24-16-22(61-3)8-9-32(24)54)14-12-26-39(56)47(2)30-20-36(65-7)34(63-5)18-28(30)45-26/h8-10,16-20,31,37,54H,11-15,21H2,1-7H3/t31-,37-/m1/s1. The van der Waals surface area contributed by atoms with Gasteiger partial charge in [-0.25, -0.2) is 57.0 Å². The quantitative estimate of drug-likeness (QED) is 0.164. The van der Waals surface area contributed by atoms with Crippen LogP contribution < -0.4 is 57.6 Å². The van der Waals surface area contributed by atoms with Crippen LogP contribution in [0.5, 0.6) is 34.5 Å². The Morgan fingerprint density at radius 3 is 1.62 bits per heavy atom. The van der Waals surface area contributed by atoms with E-state index >= 15 is 0 Å². The summed E-state index contributed by atoms with van der Waals surface area (Å²) in [4.78, 5) is 93.7. The Hall–Kier alpha value is -8.04. The van der Waals surface area contributed by atoms with Crippen molar-refractivity contribution in [1.82, 2.24) is 47.0 Å². The van der Waals surface area contributed by atoms with Crippen molar-refractivity contribution in [3.63, 3.8) is 0 Å². The molecule has 22 nitrogen and oxygen atoms in total. The van der Waals surface area contributed by atoms with E-state index in [9.17, 15) is 33.9 Å². The molecule has 22 heteroatoms. The first-order valence-electron chi connectivity index (χ1n) is 20.4. The Morgan fingerprint density at radius 2 is 1.11 bits per heavy atom. The summed E-state index contributed by atoms with van der Waals surface area (Å²) in [6.07, 6.45) is 1.50. The number of hydrogen-bond acceptors (Lipinski definition) is 14. The molecule has 2 atom stereocenters. The van der Waals surface area contributed by atoms with Gasteiger partial charge < -0.3 is 37.9 Å². The Labute approximate surface area is 366 Å². The summed E-state index contributed by atoms with van der Waals surface area (Å²) in [7, 11) is 10.5. The van der Waals surface area contributed by atoms with E-state index < -0.39 is 46.0 Å². The summed E-state index contributed by atoms with van der Waals surface area (Å²) in [6, 6.07) is 8.84.